The molecule has 4 aromatic rings. The van der Waals surface area contributed by atoms with E-state index >= 15 is 0 Å². The number of fused-ring (bicyclic) bond motifs is 1. The number of aromatic nitrogens is 2. The Morgan fingerprint density at radius 3 is 2.23 bits per heavy atom. The lowest BCUT2D eigenvalue weighted by atomic mass is 10.1. The van der Waals surface area contributed by atoms with E-state index in [2.05, 4.69) is 5.10 Å². The van der Waals surface area contributed by atoms with Crippen molar-refractivity contribution in [2.75, 3.05) is 45.3 Å². The van der Waals surface area contributed by atoms with E-state index in [1.807, 2.05) is 4.90 Å². The standard InChI is InChI=1S/C27H27N5O7S/c1-18-21-6-4-5-7-22(21)27(33)31(28-18)24-16-19(8-10-23(24)32(34)35)29-12-14-30(15-13-29)40(36,37)20-9-11-25(38-2)26(17-20)39-3/h4-11,16-17H,12-15H2,1-3H3. The SMILES string of the molecule is COc1ccc(S(=O)(=O)N2CCN(c3ccc([N+](=O)[O-])c(-n4nc(C)c5ccccc5c4=O)c3)CC2)cc1OC. The molecular weight excluding hydrogens is 538 g/mol. The molecular formula is C27H27N5O7S. The van der Waals surface area contributed by atoms with E-state index in [1.165, 1.54) is 36.7 Å². The summed E-state index contributed by atoms with van der Waals surface area (Å²) in [5, 5.41) is 17.3. The van der Waals surface area contributed by atoms with Gasteiger partial charge in [-0.25, -0.2) is 8.42 Å². The molecule has 0 aliphatic carbocycles. The molecule has 0 unspecified atom stereocenters. The summed E-state index contributed by atoms with van der Waals surface area (Å²) in [5.74, 6) is 0.740. The number of nitro benzene ring substituents is 1. The number of rotatable bonds is 7. The van der Waals surface area contributed by atoms with Crippen LogP contribution in [-0.4, -0.2) is 67.8 Å². The molecule has 3 aromatic carbocycles. The van der Waals surface area contributed by atoms with Crippen molar-refractivity contribution < 1.29 is 22.8 Å². The molecule has 1 aliphatic rings. The van der Waals surface area contributed by atoms with Gasteiger partial charge in [-0.05, 0) is 37.3 Å². The molecule has 208 valence electrons. The highest BCUT2D eigenvalue weighted by Crippen LogP contribution is 2.32. The van der Waals surface area contributed by atoms with Crippen LogP contribution in [0.15, 0.2) is 70.4 Å². The molecule has 5 rings (SSSR count). The average Bonchev–Trinajstić information content (AvgIpc) is 2.98. The number of sulfonamides is 1. The number of anilines is 1. The van der Waals surface area contributed by atoms with Crippen LogP contribution >= 0.6 is 0 Å². The van der Waals surface area contributed by atoms with Crippen molar-refractivity contribution in [1.29, 1.82) is 0 Å². The summed E-state index contributed by atoms with van der Waals surface area (Å²) in [7, 11) is -0.886. The molecule has 0 saturated carbocycles. The Labute approximate surface area is 230 Å². The monoisotopic (exact) mass is 565 g/mol. The van der Waals surface area contributed by atoms with Crippen LogP contribution in [0.25, 0.3) is 16.5 Å². The first-order valence-corrected chi connectivity index (χ1v) is 13.8. The maximum atomic E-state index is 13.3. The molecule has 1 fully saturated rings. The Hall–Kier alpha value is -4.49. The van der Waals surface area contributed by atoms with Gasteiger partial charge in [0.25, 0.3) is 11.2 Å². The van der Waals surface area contributed by atoms with Crippen molar-refractivity contribution >= 4 is 32.2 Å². The lowest BCUT2D eigenvalue weighted by Crippen LogP contribution is -2.48. The van der Waals surface area contributed by atoms with Gasteiger partial charge in [0.1, 0.15) is 5.69 Å². The normalized spacial score (nSPS) is 14.3. The third kappa shape index (κ3) is 4.73. The van der Waals surface area contributed by atoms with Crippen molar-refractivity contribution in [3.8, 4) is 17.2 Å². The zero-order valence-corrected chi connectivity index (χ0v) is 22.9. The highest BCUT2D eigenvalue weighted by atomic mass is 32.2. The average molecular weight is 566 g/mol. The second-order valence-electron chi connectivity index (χ2n) is 9.19. The van der Waals surface area contributed by atoms with Gasteiger partial charge in [-0.15, -0.1) is 0 Å². The topological polar surface area (TPSA) is 137 Å². The third-order valence-corrected chi connectivity index (χ3v) is 8.86. The lowest BCUT2D eigenvalue weighted by Gasteiger charge is -2.35. The summed E-state index contributed by atoms with van der Waals surface area (Å²) in [6.07, 6.45) is 0. The summed E-state index contributed by atoms with van der Waals surface area (Å²) in [5.41, 5.74) is 0.490. The van der Waals surface area contributed by atoms with E-state index in [1.54, 1.807) is 49.4 Å². The molecule has 0 amide bonds. The molecule has 2 heterocycles. The van der Waals surface area contributed by atoms with Crippen molar-refractivity contribution in [3.63, 3.8) is 0 Å². The lowest BCUT2D eigenvalue weighted by molar-refractivity contribution is -0.384. The van der Waals surface area contributed by atoms with Gasteiger partial charge in [0, 0.05) is 49.4 Å². The van der Waals surface area contributed by atoms with Crippen LogP contribution in [0.3, 0.4) is 0 Å². The number of aryl methyl sites for hydroxylation is 1. The first-order valence-electron chi connectivity index (χ1n) is 12.4. The number of piperazine rings is 1. The summed E-state index contributed by atoms with van der Waals surface area (Å²) in [4.78, 5) is 26.6. The fourth-order valence-electron chi connectivity index (χ4n) is 4.86. The minimum atomic E-state index is -3.80. The van der Waals surface area contributed by atoms with Crippen LogP contribution in [0.4, 0.5) is 11.4 Å². The summed E-state index contributed by atoms with van der Waals surface area (Å²) < 4.78 is 39.6. The third-order valence-electron chi connectivity index (χ3n) is 6.97. The fraction of sp³-hybridized carbons (Fsp3) is 0.259. The number of ether oxygens (including phenoxy) is 2. The van der Waals surface area contributed by atoms with Gasteiger partial charge in [-0.2, -0.15) is 14.1 Å². The Kier molecular flexibility index (Phi) is 7.17. The van der Waals surface area contributed by atoms with E-state index in [0.717, 1.165) is 4.68 Å². The number of benzene rings is 3. The largest absolute Gasteiger partial charge is 0.493 e. The zero-order chi connectivity index (χ0) is 28.6. The van der Waals surface area contributed by atoms with Gasteiger partial charge in [0.2, 0.25) is 10.0 Å². The predicted molar refractivity (Wildman–Crippen MR) is 149 cm³/mol. The van der Waals surface area contributed by atoms with E-state index in [9.17, 15) is 23.3 Å². The summed E-state index contributed by atoms with van der Waals surface area (Å²) in [6.45, 7) is 2.80. The van der Waals surface area contributed by atoms with E-state index in [-0.39, 0.29) is 29.4 Å². The van der Waals surface area contributed by atoms with E-state index < -0.39 is 20.5 Å². The van der Waals surface area contributed by atoms with Gasteiger partial charge in [0.15, 0.2) is 11.5 Å². The van der Waals surface area contributed by atoms with Crippen molar-refractivity contribution in [2.45, 2.75) is 11.8 Å². The van der Waals surface area contributed by atoms with Crippen molar-refractivity contribution in [2.24, 2.45) is 0 Å². The Morgan fingerprint density at radius 2 is 1.57 bits per heavy atom. The van der Waals surface area contributed by atoms with Crippen LogP contribution in [0, 0.1) is 17.0 Å². The second-order valence-corrected chi connectivity index (χ2v) is 11.1. The van der Waals surface area contributed by atoms with Gasteiger partial charge in [-0.3, -0.25) is 14.9 Å². The number of hydrogen-bond donors (Lipinski definition) is 0. The molecule has 0 bridgehead atoms. The van der Waals surface area contributed by atoms with Crippen LogP contribution in [0.2, 0.25) is 0 Å². The maximum absolute atomic E-state index is 13.3. The van der Waals surface area contributed by atoms with Gasteiger partial charge in [0.05, 0.1) is 35.1 Å². The highest BCUT2D eigenvalue weighted by molar-refractivity contribution is 7.89. The van der Waals surface area contributed by atoms with E-state index in [0.29, 0.717) is 46.7 Å². The molecule has 0 N–H and O–H groups in total. The highest BCUT2D eigenvalue weighted by Gasteiger charge is 2.30. The molecule has 13 heteroatoms. The predicted octanol–water partition coefficient (Wildman–Crippen LogP) is 3.13. The molecule has 0 atom stereocenters. The van der Waals surface area contributed by atoms with Crippen LogP contribution in [0.5, 0.6) is 11.5 Å². The fourth-order valence-corrected chi connectivity index (χ4v) is 6.30. The molecule has 1 aliphatic heterocycles. The Bertz CT molecular complexity index is 1780. The zero-order valence-electron chi connectivity index (χ0n) is 22.1. The van der Waals surface area contributed by atoms with Crippen LogP contribution in [-0.2, 0) is 10.0 Å². The molecule has 40 heavy (non-hydrogen) atoms. The first-order chi connectivity index (χ1) is 19.1. The number of nitrogens with zero attached hydrogens (tertiary/aromatic N) is 5. The molecule has 1 aromatic heterocycles. The Morgan fingerprint density at radius 1 is 0.900 bits per heavy atom. The number of hydrogen-bond acceptors (Lipinski definition) is 9. The van der Waals surface area contributed by atoms with Crippen LogP contribution < -0.4 is 19.9 Å². The number of nitro groups is 1. The van der Waals surface area contributed by atoms with Gasteiger partial charge in [-0.1, -0.05) is 18.2 Å². The number of methoxy groups -OCH3 is 2. The molecule has 12 nitrogen and oxygen atoms in total. The second kappa shape index (κ2) is 10.6. The van der Waals surface area contributed by atoms with Crippen molar-refractivity contribution in [3.05, 3.63) is 86.8 Å². The minimum Gasteiger partial charge on any atom is -0.493 e. The molecule has 0 spiro atoms. The summed E-state index contributed by atoms with van der Waals surface area (Å²) >= 11 is 0. The maximum Gasteiger partial charge on any atom is 0.295 e. The van der Waals surface area contributed by atoms with E-state index in [4.69, 9.17) is 9.47 Å². The van der Waals surface area contributed by atoms with Crippen LogP contribution in [0.1, 0.15) is 5.69 Å². The smallest absolute Gasteiger partial charge is 0.295 e. The van der Waals surface area contributed by atoms with Gasteiger partial charge < -0.3 is 14.4 Å². The quantitative estimate of drug-likeness (QED) is 0.244. The first kappa shape index (κ1) is 27.1. The Balaban J connectivity index is 1.44. The summed E-state index contributed by atoms with van der Waals surface area (Å²) in [6, 6.07) is 15.9. The molecule has 1 saturated heterocycles. The van der Waals surface area contributed by atoms with Crippen molar-refractivity contribution in [1.82, 2.24) is 14.1 Å². The molecule has 0 radical (unpaired) electrons. The minimum absolute atomic E-state index is 0.0433. The van der Waals surface area contributed by atoms with Gasteiger partial charge >= 0.3 is 0 Å².